The molecule has 0 heterocycles. The zero-order valence-electron chi connectivity index (χ0n) is 17.2. The summed E-state index contributed by atoms with van der Waals surface area (Å²) in [7, 11) is 0.425. The molecule has 0 bridgehead atoms. The van der Waals surface area contributed by atoms with Crippen molar-refractivity contribution in [2.75, 3.05) is 31.4 Å². The van der Waals surface area contributed by atoms with Crippen LogP contribution in [0.15, 0.2) is 71.6 Å². The van der Waals surface area contributed by atoms with Gasteiger partial charge in [-0.25, -0.2) is 8.42 Å². The fourth-order valence-electron chi connectivity index (χ4n) is 2.85. The monoisotopic (exact) mass is 442 g/mol. The molecule has 0 unspecified atom stereocenters. The first kappa shape index (κ1) is 22.0. The number of amides is 1. The highest BCUT2D eigenvalue weighted by atomic mass is 32.2. The molecule has 162 valence electrons. The summed E-state index contributed by atoms with van der Waals surface area (Å²) in [4.78, 5) is 12.5. The van der Waals surface area contributed by atoms with Gasteiger partial charge < -0.3 is 19.5 Å². The first-order chi connectivity index (χ1) is 14.9. The van der Waals surface area contributed by atoms with Crippen molar-refractivity contribution in [1.82, 2.24) is 0 Å². The van der Waals surface area contributed by atoms with Gasteiger partial charge in [0.2, 0.25) is 0 Å². The van der Waals surface area contributed by atoms with E-state index >= 15 is 0 Å². The quantitative estimate of drug-likeness (QED) is 0.551. The van der Waals surface area contributed by atoms with Crippen molar-refractivity contribution in [2.24, 2.45) is 0 Å². The molecule has 9 heteroatoms. The number of hydrogen-bond donors (Lipinski definition) is 2. The van der Waals surface area contributed by atoms with Crippen LogP contribution in [0.5, 0.6) is 17.2 Å². The second-order valence-corrected chi connectivity index (χ2v) is 8.04. The zero-order chi connectivity index (χ0) is 22.4. The molecule has 3 aromatic carbocycles. The summed E-state index contributed by atoms with van der Waals surface area (Å²) >= 11 is 0. The molecule has 2 N–H and O–H groups in total. The molecule has 1 amide bonds. The molecule has 0 radical (unpaired) electrons. The molecule has 8 nitrogen and oxygen atoms in total. The van der Waals surface area contributed by atoms with Gasteiger partial charge in [0.05, 0.1) is 37.6 Å². The van der Waals surface area contributed by atoms with Crippen LogP contribution in [0.4, 0.5) is 11.4 Å². The van der Waals surface area contributed by atoms with Gasteiger partial charge in [0.25, 0.3) is 15.9 Å². The molecular formula is C22H22N2O6S. The predicted molar refractivity (Wildman–Crippen MR) is 118 cm³/mol. The molecule has 0 atom stereocenters. The Morgan fingerprint density at radius 1 is 0.774 bits per heavy atom. The number of nitrogens with one attached hydrogen (secondary N) is 2. The van der Waals surface area contributed by atoms with Gasteiger partial charge in [-0.15, -0.1) is 0 Å². The summed E-state index contributed by atoms with van der Waals surface area (Å²) in [6.07, 6.45) is 0. The summed E-state index contributed by atoms with van der Waals surface area (Å²) in [5, 5.41) is 2.69. The number of hydrogen-bond acceptors (Lipinski definition) is 6. The number of carbonyl (C=O) groups is 1. The summed E-state index contributed by atoms with van der Waals surface area (Å²) in [6, 6.07) is 17.4. The maximum Gasteiger partial charge on any atom is 0.261 e. The standard InChI is InChI=1S/C22H22N2O6S/c1-28-19-12-10-17(14-18(19)23-22(25)15-7-5-4-6-8-15)31(26,27)24-16-9-11-20(29-2)21(13-16)30-3/h4-14,24H,1-3H3,(H,23,25). The minimum Gasteiger partial charge on any atom is -0.495 e. The van der Waals surface area contributed by atoms with Gasteiger partial charge >= 0.3 is 0 Å². The smallest absolute Gasteiger partial charge is 0.261 e. The molecule has 0 fully saturated rings. The van der Waals surface area contributed by atoms with Crippen LogP contribution < -0.4 is 24.2 Å². The third-order valence-corrected chi connectivity index (χ3v) is 5.78. The molecule has 0 aliphatic heterocycles. The summed E-state index contributed by atoms with van der Waals surface area (Å²) in [5.41, 5.74) is 0.955. The van der Waals surface area contributed by atoms with Crippen LogP contribution >= 0.6 is 0 Å². The van der Waals surface area contributed by atoms with Gasteiger partial charge in [0.1, 0.15) is 5.75 Å². The molecular weight excluding hydrogens is 420 g/mol. The van der Waals surface area contributed by atoms with Crippen molar-refractivity contribution in [2.45, 2.75) is 4.90 Å². The number of benzene rings is 3. The Labute approximate surface area is 180 Å². The van der Waals surface area contributed by atoms with Crippen LogP contribution in [-0.4, -0.2) is 35.7 Å². The van der Waals surface area contributed by atoms with Gasteiger partial charge in [-0.1, -0.05) is 18.2 Å². The SMILES string of the molecule is COc1ccc(S(=O)(=O)Nc2ccc(OC)c(OC)c2)cc1NC(=O)c1ccccc1. The Kier molecular flexibility index (Phi) is 6.66. The second-order valence-electron chi connectivity index (χ2n) is 6.36. The molecule has 3 rings (SSSR count). The minimum atomic E-state index is -3.96. The van der Waals surface area contributed by atoms with Crippen molar-refractivity contribution >= 4 is 27.3 Å². The number of carbonyl (C=O) groups excluding carboxylic acids is 1. The van der Waals surface area contributed by atoms with E-state index < -0.39 is 10.0 Å². The highest BCUT2D eigenvalue weighted by molar-refractivity contribution is 7.92. The van der Waals surface area contributed by atoms with E-state index in [0.29, 0.717) is 28.5 Å². The minimum absolute atomic E-state index is 0.0496. The maximum atomic E-state index is 12.9. The van der Waals surface area contributed by atoms with Gasteiger partial charge in [-0.3, -0.25) is 9.52 Å². The Hall–Kier alpha value is -3.72. The van der Waals surface area contributed by atoms with Crippen molar-refractivity contribution in [3.05, 3.63) is 72.3 Å². The molecule has 0 saturated heterocycles. The lowest BCUT2D eigenvalue weighted by Gasteiger charge is -2.14. The molecule has 31 heavy (non-hydrogen) atoms. The fourth-order valence-corrected chi connectivity index (χ4v) is 3.93. The van der Waals surface area contributed by atoms with E-state index in [1.165, 1.54) is 45.6 Å². The van der Waals surface area contributed by atoms with Crippen LogP contribution in [-0.2, 0) is 10.0 Å². The topological polar surface area (TPSA) is 103 Å². The maximum absolute atomic E-state index is 12.9. The van der Waals surface area contributed by atoms with E-state index in [1.54, 1.807) is 42.5 Å². The fraction of sp³-hybridized carbons (Fsp3) is 0.136. The number of methoxy groups -OCH3 is 3. The molecule has 0 aromatic heterocycles. The summed E-state index contributed by atoms with van der Waals surface area (Å²) < 4.78 is 44.0. The Bertz CT molecular complexity index is 1180. The van der Waals surface area contributed by atoms with Crippen molar-refractivity contribution < 1.29 is 27.4 Å². The van der Waals surface area contributed by atoms with E-state index in [0.717, 1.165) is 0 Å². The second kappa shape index (κ2) is 9.40. The van der Waals surface area contributed by atoms with E-state index in [4.69, 9.17) is 14.2 Å². The lowest BCUT2D eigenvalue weighted by Crippen LogP contribution is -2.16. The predicted octanol–water partition coefficient (Wildman–Crippen LogP) is 3.77. The lowest BCUT2D eigenvalue weighted by atomic mass is 10.2. The van der Waals surface area contributed by atoms with Gasteiger partial charge in [-0.05, 0) is 42.5 Å². The van der Waals surface area contributed by atoms with Crippen LogP contribution in [0.3, 0.4) is 0 Å². The molecule has 0 saturated carbocycles. The highest BCUT2D eigenvalue weighted by Crippen LogP contribution is 2.32. The van der Waals surface area contributed by atoms with Crippen LogP contribution in [0.2, 0.25) is 0 Å². The zero-order valence-corrected chi connectivity index (χ0v) is 18.0. The van der Waals surface area contributed by atoms with Crippen LogP contribution in [0, 0.1) is 0 Å². The molecule has 0 aliphatic rings. The largest absolute Gasteiger partial charge is 0.495 e. The van der Waals surface area contributed by atoms with E-state index in [9.17, 15) is 13.2 Å². The first-order valence-corrected chi connectivity index (χ1v) is 10.7. The van der Waals surface area contributed by atoms with Crippen molar-refractivity contribution in [3.63, 3.8) is 0 Å². The Morgan fingerprint density at radius 3 is 2.06 bits per heavy atom. The van der Waals surface area contributed by atoms with Crippen molar-refractivity contribution in [1.29, 1.82) is 0 Å². The van der Waals surface area contributed by atoms with Gasteiger partial charge in [0.15, 0.2) is 11.5 Å². The van der Waals surface area contributed by atoms with Gasteiger partial charge in [-0.2, -0.15) is 0 Å². The average Bonchev–Trinajstić information content (AvgIpc) is 2.79. The molecule has 0 aliphatic carbocycles. The summed E-state index contributed by atoms with van der Waals surface area (Å²) in [5.74, 6) is 0.796. The highest BCUT2D eigenvalue weighted by Gasteiger charge is 2.19. The van der Waals surface area contributed by atoms with Gasteiger partial charge in [0, 0.05) is 11.6 Å². The first-order valence-electron chi connectivity index (χ1n) is 9.17. The lowest BCUT2D eigenvalue weighted by molar-refractivity contribution is 0.102. The number of rotatable bonds is 8. The van der Waals surface area contributed by atoms with Crippen molar-refractivity contribution in [3.8, 4) is 17.2 Å². The third-order valence-electron chi connectivity index (χ3n) is 4.40. The molecule has 3 aromatic rings. The third kappa shape index (κ3) is 5.07. The van der Waals surface area contributed by atoms with E-state index in [-0.39, 0.29) is 16.5 Å². The summed E-state index contributed by atoms with van der Waals surface area (Å²) in [6.45, 7) is 0. The average molecular weight is 442 g/mol. The molecule has 0 spiro atoms. The van der Waals surface area contributed by atoms with Crippen LogP contribution in [0.25, 0.3) is 0 Å². The number of anilines is 2. The Morgan fingerprint density at radius 2 is 1.42 bits per heavy atom. The Balaban J connectivity index is 1.89. The van der Waals surface area contributed by atoms with E-state index in [2.05, 4.69) is 10.0 Å². The normalized spacial score (nSPS) is 10.8. The van der Waals surface area contributed by atoms with Crippen LogP contribution in [0.1, 0.15) is 10.4 Å². The van der Waals surface area contributed by atoms with E-state index in [1.807, 2.05) is 0 Å². The number of sulfonamides is 1. The number of ether oxygens (including phenoxy) is 3.